The number of amides is 2. The molecule has 2 aromatic rings. The van der Waals surface area contributed by atoms with Gasteiger partial charge in [0.2, 0.25) is 5.91 Å². The second-order valence-corrected chi connectivity index (χ2v) is 8.89. The molecule has 0 spiro atoms. The molecular formula is C26H32FN3O4. The van der Waals surface area contributed by atoms with Crippen LogP contribution in [0.15, 0.2) is 36.4 Å². The first kappa shape index (κ1) is 24.0. The Labute approximate surface area is 199 Å². The Morgan fingerprint density at radius 1 is 1.06 bits per heavy atom. The number of nitrogens with one attached hydrogen (secondary N) is 1. The molecule has 0 aromatic heterocycles. The summed E-state index contributed by atoms with van der Waals surface area (Å²) in [5.41, 5.74) is 2.74. The smallest absolute Gasteiger partial charge is 0.251 e. The maximum atomic E-state index is 13.3. The number of piperidine rings is 1. The molecule has 2 aliphatic rings. The molecule has 7 nitrogen and oxygen atoms in total. The molecule has 0 saturated carbocycles. The van der Waals surface area contributed by atoms with E-state index in [0.29, 0.717) is 44.0 Å². The molecule has 0 aliphatic carbocycles. The maximum absolute atomic E-state index is 13.3. The van der Waals surface area contributed by atoms with E-state index in [0.717, 1.165) is 37.1 Å². The molecule has 2 aromatic carbocycles. The van der Waals surface area contributed by atoms with Crippen LogP contribution in [-0.2, 0) is 17.8 Å². The largest absolute Gasteiger partial charge is 0.493 e. The van der Waals surface area contributed by atoms with Gasteiger partial charge in [-0.05, 0) is 73.3 Å². The number of hydrogen-bond acceptors (Lipinski definition) is 5. The lowest BCUT2D eigenvalue weighted by Crippen LogP contribution is -2.47. The molecule has 2 amide bonds. The third kappa shape index (κ3) is 5.50. The second-order valence-electron chi connectivity index (χ2n) is 8.89. The van der Waals surface area contributed by atoms with E-state index in [1.807, 2.05) is 17.0 Å². The minimum Gasteiger partial charge on any atom is -0.493 e. The van der Waals surface area contributed by atoms with Gasteiger partial charge in [0.1, 0.15) is 5.82 Å². The van der Waals surface area contributed by atoms with E-state index in [2.05, 4.69) is 10.2 Å². The average molecular weight is 470 g/mol. The van der Waals surface area contributed by atoms with E-state index in [1.165, 1.54) is 29.8 Å². The van der Waals surface area contributed by atoms with Crippen molar-refractivity contribution in [2.75, 3.05) is 46.9 Å². The fourth-order valence-corrected chi connectivity index (χ4v) is 4.82. The minimum absolute atomic E-state index is 0.0387. The Kier molecular flexibility index (Phi) is 7.67. The van der Waals surface area contributed by atoms with Crippen molar-refractivity contribution >= 4 is 11.8 Å². The van der Waals surface area contributed by atoms with Crippen molar-refractivity contribution in [2.45, 2.75) is 25.8 Å². The molecule has 4 rings (SSSR count). The fourth-order valence-electron chi connectivity index (χ4n) is 4.82. The number of methoxy groups -OCH3 is 2. The van der Waals surface area contributed by atoms with Crippen molar-refractivity contribution in [2.24, 2.45) is 5.92 Å². The summed E-state index contributed by atoms with van der Waals surface area (Å²) in [7, 11) is 3.25. The normalized spacial score (nSPS) is 18.2. The van der Waals surface area contributed by atoms with Gasteiger partial charge in [-0.25, -0.2) is 4.39 Å². The molecule has 8 heteroatoms. The summed E-state index contributed by atoms with van der Waals surface area (Å²) in [5, 5.41) is 2.88. The van der Waals surface area contributed by atoms with E-state index < -0.39 is 0 Å². The van der Waals surface area contributed by atoms with Crippen LogP contribution in [0.5, 0.6) is 11.5 Å². The summed E-state index contributed by atoms with van der Waals surface area (Å²) in [6.45, 7) is 4.05. The van der Waals surface area contributed by atoms with Crippen molar-refractivity contribution in [3.8, 4) is 11.5 Å². The Balaban J connectivity index is 1.29. The lowest BCUT2D eigenvalue weighted by atomic mass is 9.93. The summed E-state index contributed by atoms with van der Waals surface area (Å²) in [4.78, 5) is 29.8. The van der Waals surface area contributed by atoms with Crippen LogP contribution in [-0.4, -0.2) is 68.6 Å². The van der Waals surface area contributed by atoms with E-state index in [4.69, 9.17) is 9.47 Å². The highest BCUT2D eigenvalue weighted by molar-refractivity contribution is 5.94. The predicted molar refractivity (Wildman–Crippen MR) is 127 cm³/mol. The van der Waals surface area contributed by atoms with Gasteiger partial charge in [0.25, 0.3) is 5.91 Å². The minimum atomic E-state index is -0.364. The third-order valence-electron chi connectivity index (χ3n) is 6.70. The summed E-state index contributed by atoms with van der Waals surface area (Å²) < 4.78 is 23.9. The van der Waals surface area contributed by atoms with Crippen molar-refractivity contribution in [1.29, 1.82) is 0 Å². The van der Waals surface area contributed by atoms with Gasteiger partial charge in [-0.3, -0.25) is 9.59 Å². The van der Waals surface area contributed by atoms with Crippen LogP contribution in [0.2, 0.25) is 0 Å². The van der Waals surface area contributed by atoms with Crippen LogP contribution in [0.25, 0.3) is 0 Å². The number of ether oxygens (including phenoxy) is 2. The Morgan fingerprint density at radius 3 is 2.47 bits per heavy atom. The Hall–Kier alpha value is -3.13. The molecule has 0 bridgehead atoms. The number of fused-ring (bicyclic) bond motifs is 1. The average Bonchev–Trinajstić information content (AvgIpc) is 2.87. The van der Waals surface area contributed by atoms with Gasteiger partial charge in [-0.2, -0.15) is 0 Å². The zero-order chi connectivity index (χ0) is 24.1. The van der Waals surface area contributed by atoms with E-state index in [-0.39, 0.29) is 23.5 Å². The first-order valence-corrected chi connectivity index (χ1v) is 11.8. The lowest BCUT2D eigenvalue weighted by Gasteiger charge is -2.37. The van der Waals surface area contributed by atoms with Gasteiger partial charge >= 0.3 is 0 Å². The molecule has 1 N–H and O–H groups in total. The zero-order valence-electron chi connectivity index (χ0n) is 19.8. The SMILES string of the molecule is COc1cc2c(cc1OC)CN(C(=O)C1CCCN(CCNC(=O)c3ccc(F)cc3)C1)CC2. The van der Waals surface area contributed by atoms with Crippen molar-refractivity contribution < 1.29 is 23.5 Å². The number of likely N-dealkylation sites (tertiary alicyclic amines) is 1. The monoisotopic (exact) mass is 469 g/mol. The van der Waals surface area contributed by atoms with Crippen LogP contribution in [0.3, 0.4) is 0 Å². The number of halogens is 1. The van der Waals surface area contributed by atoms with Crippen LogP contribution >= 0.6 is 0 Å². The van der Waals surface area contributed by atoms with Crippen LogP contribution in [0.4, 0.5) is 4.39 Å². The summed E-state index contributed by atoms with van der Waals surface area (Å²) >= 11 is 0. The molecule has 34 heavy (non-hydrogen) atoms. The number of rotatable bonds is 7. The first-order valence-electron chi connectivity index (χ1n) is 11.8. The molecular weight excluding hydrogens is 437 g/mol. The van der Waals surface area contributed by atoms with Gasteiger partial charge in [-0.1, -0.05) is 0 Å². The Morgan fingerprint density at radius 2 is 1.76 bits per heavy atom. The van der Waals surface area contributed by atoms with Gasteiger partial charge in [0, 0.05) is 38.3 Å². The van der Waals surface area contributed by atoms with E-state index in [9.17, 15) is 14.0 Å². The quantitative estimate of drug-likeness (QED) is 0.675. The standard InChI is InChI=1S/C26H32FN3O4/c1-33-23-14-19-9-12-30(17-21(19)15-24(23)34-2)26(32)20-4-3-11-29(16-20)13-10-28-25(31)18-5-7-22(27)8-6-18/h5-8,14-15,20H,3-4,9-13,16-17H2,1-2H3,(H,28,31). The summed E-state index contributed by atoms with van der Waals surface area (Å²) in [6, 6.07) is 9.50. The van der Waals surface area contributed by atoms with Gasteiger partial charge in [0.05, 0.1) is 20.1 Å². The zero-order valence-corrected chi connectivity index (χ0v) is 19.8. The molecule has 1 unspecified atom stereocenters. The van der Waals surface area contributed by atoms with Crippen molar-refractivity contribution in [3.63, 3.8) is 0 Å². The lowest BCUT2D eigenvalue weighted by molar-refractivity contribution is -0.138. The predicted octanol–water partition coefficient (Wildman–Crippen LogP) is 2.87. The molecule has 2 heterocycles. The van der Waals surface area contributed by atoms with Gasteiger partial charge in [0.15, 0.2) is 11.5 Å². The number of nitrogens with zero attached hydrogens (tertiary/aromatic N) is 2. The third-order valence-corrected chi connectivity index (χ3v) is 6.70. The van der Waals surface area contributed by atoms with Crippen LogP contribution < -0.4 is 14.8 Å². The molecule has 1 saturated heterocycles. The van der Waals surface area contributed by atoms with Gasteiger partial charge < -0.3 is 24.6 Å². The topological polar surface area (TPSA) is 71.1 Å². The highest BCUT2D eigenvalue weighted by Gasteiger charge is 2.31. The van der Waals surface area contributed by atoms with Crippen molar-refractivity contribution in [1.82, 2.24) is 15.1 Å². The molecule has 0 radical (unpaired) electrons. The Bertz CT molecular complexity index is 1030. The molecule has 182 valence electrons. The second kappa shape index (κ2) is 10.9. The van der Waals surface area contributed by atoms with E-state index >= 15 is 0 Å². The van der Waals surface area contributed by atoms with Crippen LogP contribution in [0.1, 0.15) is 34.3 Å². The number of carbonyl (C=O) groups is 2. The maximum Gasteiger partial charge on any atom is 0.251 e. The first-order chi connectivity index (χ1) is 16.5. The number of benzene rings is 2. The fraction of sp³-hybridized carbons (Fsp3) is 0.462. The number of hydrogen-bond donors (Lipinski definition) is 1. The molecule has 2 aliphatic heterocycles. The number of carbonyl (C=O) groups excluding carboxylic acids is 2. The van der Waals surface area contributed by atoms with Crippen molar-refractivity contribution in [3.05, 3.63) is 58.9 Å². The van der Waals surface area contributed by atoms with Crippen LogP contribution in [0, 0.1) is 11.7 Å². The summed E-state index contributed by atoms with van der Waals surface area (Å²) in [6.07, 6.45) is 2.64. The van der Waals surface area contributed by atoms with Gasteiger partial charge in [-0.15, -0.1) is 0 Å². The molecule has 1 fully saturated rings. The highest BCUT2D eigenvalue weighted by atomic mass is 19.1. The molecule has 1 atom stereocenters. The summed E-state index contributed by atoms with van der Waals surface area (Å²) in [5.74, 6) is 0.974. The van der Waals surface area contributed by atoms with E-state index in [1.54, 1.807) is 14.2 Å². The highest BCUT2D eigenvalue weighted by Crippen LogP contribution is 2.34.